The lowest BCUT2D eigenvalue weighted by Crippen LogP contribution is -2.47. The van der Waals surface area contributed by atoms with E-state index < -0.39 is 0 Å². The van der Waals surface area contributed by atoms with E-state index >= 15 is 0 Å². The van der Waals surface area contributed by atoms with Crippen LogP contribution in [0.3, 0.4) is 0 Å². The van der Waals surface area contributed by atoms with Gasteiger partial charge in [0, 0.05) is 36.3 Å². The van der Waals surface area contributed by atoms with Crippen molar-refractivity contribution in [1.82, 2.24) is 9.80 Å². The molecule has 158 valence electrons. The maximum absolute atomic E-state index is 13.4. The second-order valence-electron chi connectivity index (χ2n) is 8.14. The molecule has 2 amide bonds. The van der Waals surface area contributed by atoms with Crippen LogP contribution < -0.4 is 4.74 Å². The van der Waals surface area contributed by atoms with Crippen molar-refractivity contribution in [3.63, 3.8) is 0 Å². The summed E-state index contributed by atoms with van der Waals surface area (Å²) in [6.45, 7) is 1.77. The minimum atomic E-state index is -0.145. The van der Waals surface area contributed by atoms with Gasteiger partial charge in [-0.25, -0.2) is 0 Å². The summed E-state index contributed by atoms with van der Waals surface area (Å²) >= 11 is 5.94. The Morgan fingerprint density at radius 1 is 1.07 bits per heavy atom. The van der Waals surface area contributed by atoms with Gasteiger partial charge in [0.15, 0.2) is 0 Å². The third kappa shape index (κ3) is 4.78. The van der Waals surface area contributed by atoms with Crippen LogP contribution in [0.2, 0.25) is 5.02 Å². The van der Waals surface area contributed by atoms with Gasteiger partial charge in [-0.05, 0) is 67.6 Å². The molecule has 0 bridgehead atoms. The van der Waals surface area contributed by atoms with Gasteiger partial charge in [0.05, 0.1) is 13.0 Å². The van der Waals surface area contributed by atoms with E-state index in [2.05, 4.69) is 0 Å². The van der Waals surface area contributed by atoms with Gasteiger partial charge in [0.25, 0.3) is 5.91 Å². The first kappa shape index (κ1) is 20.7. The number of carbonyl (C=O) groups excluding carboxylic acids is 2. The van der Waals surface area contributed by atoms with Crippen molar-refractivity contribution in [2.45, 2.75) is 38.3 Å². The number of halogens is 1. The van der Waals surface area contributed by atoms with Crippen LogP contribution in [0, 0.1) is 5.92 Å². The van der Waals surface area contributed by atoms with E-state index in [1.165, 1.54) is 0 Å². The van der Waals surface area contributed by atoms with Crippen LogP contribution in [-0.4, -0.2) is 47.9 Å². The molecule has 2 aromatic rings. The first-order chi connectivity index (χ1) is 14.5. The second-order valence-corrected chi connectivity index (χ2v) is 8.58. The molecule has 1 atom stereocenters. The highest BCUT2D eigenvalue weighted by Crippen LogP contribution is 2.32. The topological polar surface area (TPSA) is 49.9 Å². The number of amides is 2. The molecule has 1 saturated carbocycles. The maximum atomic E-state index is 13.4. The molecule has 4 rings (SSSR count). The Balaban J connectivity index is 1.43. The number of carbonyl (C=O) groups is 2. The average Bonchev–Trinajstić information content (AvgIpc) is 3.63. The Kier molecular flexibility index (Phi) is 6.28. The maximum Gasteiger partial charge on any atom is 0.253 e. The lowest BCUT2D eigenvalue weighted by Gasteiger charge is -2.35. The van der Waals surface area contributed by atoms with Gasteiger partial charge in [-0.2, -0.15) is 0 Å². The number of benzene rings is 2. The highest BCUT2D eigenvalue weighted by molar-refractivity contribution is 6.30. The number of hydrogen-bond acceptors (Lipinski definition) is 3. The van der Waals surface area contributed by atoms with Crippen molar-refractivity contribution in [1.29, 1.82) is 0 Å². The molecule has 6 heteroatoms. The van der Waals surface area contributed by atoms with Crippen molar-refractivity contribution in [2.24, 2.45) is 5.92 Å². The lowest BCUT2D eigenvalue weighted by molar-refractivity contribution is -0.138. The van der Waals surface area contributed by atoms with Crippen LogP contribution in [0.5, 0.6) is 5.75 Å². The standard InChI is InChI=1S/C24H27ClN2O3/c1-30-22-12-4-17(5-13-22)15-27(21-10-11-21)24(29)19-3-2-14-26(16-19)23(28)18-6-8-20(25)9-7-18/h4-9,12-13,19,21H,2-3,10-11,14-16H2,1H3. The van der Waals surface area contributed by atoms with Crippen LogP contribution in [-0.2, 0) is 11.3 Å². The minimum absolute atomic E-state index is 0.0303. The van der Waals surface area contributed by atoms with Gasteiger partial charge in [-0.1, -0.05) is 23.7 Å². The summed E-state index contributed by atoms with van der Waals surface area (Å²) < 4.78 is 5.23. The van der Waals surface area contributed by atoms with Crippen molar-refractivity contribution in [2.75, 3.05) is 20.2 Å². The van der Waals surface area contributed by atoms with E-state index in [0.29, 0.717) is 36.3 Å². The summed E-state index contributed by atoms with van der Waals surface area (Å²) in [5.74, 6) is 0.805. The van der Waals surface area contributed by atoms with Crippen LogP contribution >= 0.6 is 11.6 Å². The molecule has 1 saturated heterocycles. The molecule has 1 aliphatic heterocycles. The summed E-state index contributed by atoms with van der Waals surface area (Å²) in [6, 6.07) is 15.2. The Hall–Kier alpha value is -2.53. The molecule has 2 fully saturated rings. The number of hydrogen-bond donors (Lipinski definition) is 0. The third-order valence-corrected chi connectivity index (χ3v) is 6.18. The molecular formula is C24H27ClN2O3. The fourth-order valence-electron chi connectivity index (χ4n) is 4.07. The Morgan fingerprint density at radius 2 is 1.77 bits per heavy atom. The number of likely N-dealkylation sites (tertiary alicyclic amines) is 1. The molecule has 5 nitrogen and oxygen atoms in total. The van der Waals surface area contributed by atoms with Crippen molar-refractivity contribution in [3.8, 4) is 5.75 Å². The van der Waals surface area contributed by atoms with Crippen LogP contribution in [0.1, 0.15) is 41.6 Å². The van der Waals surface area contributed by atoms with Gasteiger partial charge in [-0.3, -0.25) is 9.59 Å². The number of rotatable bonds is 6. The van der Waals surface area contributed by atoms with Crippen molar-refractivity contribution in [3.05, 3.63) is 64.7 Å². The summed E-state index contributed by atoms with van der Waals surface area (Å²) in [6.07, 6.45) is 3.79. The first-order valence-corrected chi connectivity index (χ1v) is 10.9. The molecule has 2 aromatic carbocycles. The average molecular weight is 427 g/mol. The number of nitrogens with zero attached hydrogens (tertiary/aromatic N) is 2. The number of piperidine rings is 1. The van der Waals surface area contributed by atoms with E-state index in [9.17, 15) is 9.59 Å². The molecule has 0 N–H and O–H groups in total. The fourth-order valence-corrected chi connectivity index (χ4v) is 4.20. The predicted octanol–water partition coefficient (Wildman–Crippen LogP) is 4.39. The molecule has 0 aromatic heterocycles. The zero-order chi connectivity index (χ0) is 21.1. The van der Waals surface area contributed by atoms with E-state index in [4.69, 9.17) is 16.3 Å². The van der Waals surface area contributed by atoms with Gasteiger partial charge in [0.2, 0.25) is 5.91 Å². The molecule has 2 aliphatic rings. The molecule has 0 spiro atoms. The van der Waals surface area contributed by atoms with Crippen LogP contribution in [0.25, 0.3) is 0 Å². The monoisotopic (exact) mass is 426 g/mol. The summed E-state index contributed by atoms with van der Waals surface area (Å²) in [4.78, 5) is 30.1. The van der Waals surface area contributed by atoms with Crippen molar-refractivity contribution < 1.29 is 14.3 Å². The van der Waals surface area contributed by atoms with Gasteiger partial charge in [-0.15, -0.1) is 0 Å². The summed E-state index contributed by atoms with van der Waals surface area (Å²) in [5, 5.41) is 0.608. The quantitative estimate of drug-likeness (QED) is 0.688. The van der Waals surface area contributed by atoms with E-state index in [1.54, 1.807) is 31.4 Å². The Bertz CT molecular complexity index is 894. The van der Waals surface area contributed by atoms with Gasteiger partial charge >= 0.3 is 0 Å². The smallest absolute Gasteiger partial charge is 0.253 e. The zero-order valence-corrected chi connectivity index (χ0v) is 18.0. The van der Waals surface area contributed by atoms with E-state index in [1.807, 2.05) is 34.1 Å². The predicted molar refractivity (Wildman–Crippen MR) is 117 cm³/mol. The largest absolute Gasteiger partial charge is 0.497 e. The summed E-state index contributed by atoms with van der Waals surface area (Å²) in [7, 11) is 1.65. The normalized spacial score (nSPS) is 18.7. The minimum Gasteiger partial charge on any atom is -0.497 e. The third-order valence-electron chi connectivity index (χ3n) is 5.93. The molecular weight excluding hydrogens is 400 g/mol. The Morgan fingerprint density at radius 3 is 2.40 bits per heavy atom. The SMILES string of the molecule is COc1ccc(CN(C(=O)C2CCCN(C(=O)c3ccc(Cl)cc3)C2)C2CC2)cc1. The summed E-state index contributed by atoms with van der Waals surface area (Å²) in [5.41, 5.74) is 1.71. The highest BCUT2D eigenvalue weighted by Gasteiger charge is 2.38. The molecule has 1 aliphatic carbocycles. The second kappa shape index (κ2) is 9.09. The fraction of sp³-hybridized carbons (Fsp3) is 0.417. The lowest BCUT2D eigenvalue weighted by atomic mass is 9.95. The zero-order valence-electron chi connectivity index (χ0n) is 17.2. The molecule has 0 radical (unpaired) electrons. The first-order valence-electron chi connectivity index (χ1n) is 10.5. The molecule has 1 heterocycles. The number of methoxy groups -OCH3 is 1. The Labute approximate surface area is 182 Å². The highest BCUT2D eigenvalue weighted by atomic mass is 35.5. The van der Waals surface area contributed by atoms with E-state index in [-0.39, 0.29) is 17.7 Å². The van der Waals surface area contributed by atoms with Gasteiger partial charge in [0.1, 0.15) is 5.75 Å². The van der Waals surface area contributed by atoms with Gasteiger partial charge < -0.3 is 14.5 Å². The van der Waals surface area contributed by atoms with Crippen LogP contribution in [0.15, 0.2) is 48.5 Å². The van der Waals surface area contributed by atoms with Crippen LogP contribution in [0.4, 0.5) is 0 Å². The number of ether oxygens (including phenoxy) is 1. The van der Waals surface area contributed by atoms with Crippen molar-refractivity contribution >= 4 is 23.4 Å². The molecule has 1 unspecified atom stereocenters. The van der Waals surface area contributed by atoms with E-state index in [0.717, 1.165) is 37.0 Å². The molecule has 30 heavy (non-hydrogen) atoms.